The van der Waals surface area contributed by atoms with Crippen LogP contribution in [0.4, 0.5) is 0 Å². The van der Waals surface area contributed by atoms with Crippen molar-refractivity contribution in [2.24, 2.45) is 0 Å². The zero-order valence-electron chi connectivity index (χ0n) is 10.4. The van der Waals surface area contributed by atoms with E-state index in [0.717, 1.165) is 18.6 Å². The predicted octanol–water partition coefficient (Wildman–Crippen LogP) is 1.83. The van der Waals surface area contributed by atoms with Crippen LogP contribution < -0.4 is 5.32 Å². The van der Waals surface area contributed by atoms with Crippen molar-refractivity contribution in [1.82, 2.24) is 15.1 Å². The van der Waals surface area contributed by atoms with Gasteiger partial charge in [0.05, 0.1) is 24.4 Å². The molecule has 0 bridgehead atoms. The van der Waals surface area contributed by atoms with Crippen LogP contribution in [-0.4, -0.2) is 36.6 Å². The lowest BCUT2D eigenvalue weighted by Gasteiger charge is -2.18. The zero-order chi connectivity index (χ0) is 12.1. The number of benzene rings is 1. The molecule has 2 aromatic rings. The van der Waals surface area contributed by atoms with Crippen LogP contribution in [0.3, 0.4) is 0 Å². The third kappa shape index (κ3) is 2.65. The number of rotatable bonds is 6. The highest BCUT2D eigenvalue weighted by molar-refractivity contribution is 5.78. The average Bonchev–Trinajstić information content (AvgIpc) is 2.78. The lowest BCUT2D eigenvalue weighted by atomic mass is 10.2. The number of methoxy groups -OCH3 is 1. The van der Waals surface area contributed by atoms with Crippen LogP contribution >= 0.6 is 0 Å². The molecular weight excluding hydrogens is 214 g/mol. The first-order valence-electron chi connectivity index (χ1n) is 5.98. The molecule has 1 aromatic carbocycles. The van der Waals surface area contributed by atoms with Gasteiger partial charge >= 0.3 is 0 Å². The van der Waals surface area contributed by atoms with Crippen LogP contribution in [0.5, 0.6) is 0 Å². The summed E-state index contributed by atoms with van der Waals surface area (Å²) in [6, 6.07) is 8.48. The summed E-state index contributed by atoms with van der Waals surface area (Å²) in [5.74, 6) is 0. The molecule has 0 radical (unpaired) electrons. The van der Waals surface area contributed by atoms with Gasteiger partial charge in [-0.2, -0.15) is 5.10 Å². The summed E-state index contributed by atoms with van der Waals surface area (Å²) >= 11 is 0. The SMILES string of the molecule is CCNCC(COC)n1ncc2ccccc21. The molecule has 92 valence electrons. The van der Waals surface area contributed by atoms with E-state index < -0.39 is 0 Å². The third-order valence-corrected chi connectivity index (χ3v) is 2.84. The number of hydrogen-bond donors (Lipinski definition) is 1. The lowest BCUT2D eigenvalue weighted by Crippen LogP contribution is -2.28. The summed E-state index contributed by atoms with van der Waals surface area (Å²) in [5.41, 5.74) is 1.16. The van der Waals surface area contributed by atoms with Crippen molar-refractivity contribution < 1.29 is 4.74 Å². The van der Waals surface area contributed by atoms with Gasteiger partial charge in [-0.25, -0.2) is 0 Å². The first-order chi connectivity index (χ1) is 8.36. The van der Waals surface area contributed by atoms with E-state index in [-0.39, 0.29) is 6.04 Å². The number of fused-ring (bicyclic) bond motifs is 1. The highest BCUT2D eigenvalue weighted by atomic mass is 16.5. The fourth-order valence-electron chi connectivity index (χ4n) is 2.00. The Bertz CT molecular complexity index is 466. The maximum Gasteiger partial charge on any atom is 0.0883 e. The van der Waals surface area contributed by atoms with E-state index in [1.165, 1.54) is 5.39 Å². The second-order valence-electron chi connectivity index (χ2n) is 4.06. The van der Waals surface area contributed by atoms with Crippen molar-refractivity contribution in [3.63, 3.8) is 0 Å². The lowest BCUT2D eigenvalue weighted by molar-refractivity contribution is 0.150. The Morgan fingerprint density at radius 3 is 3.00 bits per heavy atom. The van der Waals surface area contributed by atoms with Crippen molar-refractivity contribution in [2.45, 2.75) is 13.0 Å². The molecule has 2 rings (SSSR count). The van der Waals surface area contributed by atoms with Crippen molar-refractivity contribution >= 4 is 10.9 Å². The van der Waals surface area contributed by atoms with Gasteiger partial charge in [0, 0.05) is 19.0 Å². The molecular formula is C13H19N3O. The normalized spacial score (nSPS) is 13.1. The number of hydrogen-bond acceptors (Lipinski definition) is 3. The molecule has 0 saturated heterocycles. The second-order valence-corrected chi connectivity index (χ2v) is 4.06. The predicted molar refractivity (Wildman–Crippen MR) is 69.2 cm³/mol. The van der Waals surface area contributed by atoms with Crippen molar-refractivity contribution in [2.75, 3.05) is 26.8 Å². The van der Waals surface area contributed by atoms with Crippen LogP contribution in [-0.2, 0) is 4.74 Å². The standard InChI is InChI=1S/C13H19N3O/c1-3-14-9-12(10-17-2)16-13-7-5-4-6-11(13)8-15-16/h4-8,12,14H,3,9-10H2,1-2H3. The molecule has 4 heteroatoms. The van der Waals surface area contributed by atoms with Crippen LogP contribution in [0.2, 0.25) is 0 Å². The maximum absolute atomic E-state index is 5.27. The van der Waals surface area contributed by atoms with E-state index in [1.807, 2.05) is 23.0 Å². The van der Waals surface area contributed by atoms with Crippen molar-refractivity contribution in [3.8, 4) is 0 Å². The minimum atomic E-state index is 0.236. The fourth-order valence-corrected chi connectivity index (χ4v) is 2.00. The largest absolute Gasteiger partial charge is 0.382 e. The molecule has 0 aliphatic heterocycles. The van der Waals surface area contributed by atoms with E-state index >= 15 is 0 Å². The molecule has 4 nitrogen and oxygen atoms in total. The highest BCUT2D eigenvalue weighted by Crippen LogP contribution is 2.17. The van der Waals surface area contributed by atoms with E-state index in [1.54, 1.807) is 7.11 Å². The number of ether oxygens (including phenoxy) is 1. The van der Waals surface area contributed by atoms with E-state index in [4.69, 9.17) is 4.74 Å². The quantitative estimate of drug-likeness (QED) is 0.827. The van der Waals surface area contributed by atoms with Crippen LogP contribution in [0.25, 0.3) is 10.9 Å². The Kier molecular flexibility index (Phi) is 4.12. The number of para-hydroxylation sites is 1. The number of nitrogens with one attached hydrogen (secondary N) is 1. The zero-order valence-corrected chi connectivity index (χ0v) is 10.4. The third-order valence-electron chi connectivity index (χ3n) is 2.84. The van der Waals surface area contributed by atoms with Gasteiger partial charge in [0.1, 0.15) is 0 Å². The van der Waals surface area contributed by atoms with Gasteiger partial charge in [-0.15, -0.1) is 0 Å². The minimum Gasteiger partial charge on any atom is -0.382 e. The molecule has 1 heterocycles. The Labute approximate surface area is 102 Å². The van der Waals surface area contributed by atoms with Gasteiger partial charge in [0.15, 0.2) is 0 Å². The van der Waals surface area contributed by atoms with Gasteiger partial charge in [-0.3, -0.25) is 4.68 Å². The average molecular weight is 233 g/mol. The molecule has 17 heavy (non-hydrogen) atoms. The molecule has 0 amide bonds. The summed E-state index contributed by atoms with van der Waals surface area (Å²) in [6.07, 6.45) is 1.91. The Morgan fingerprint density at radius 1 is 1.41 bits per heavy atom. The molecule has 0 saturated carbocycles. The van der Waals surface area contributed by atoms with Gasteiger partial charge in [-0.1, -0.05) is 25.1 Å². The molecule has 0 spiro atoms. The van der Waals surface area contributed by atoms with Crippen LogP contribution in [0.1, 0.15) is 13.0 Å². The highest BCUT2D eigenvalue weighted by Gasteiger charge is 2.13. The summed E-state index contributed by atoms with van der Waals surface area (Å²) in [4.78, 5) is 0. The monoisotopic (exact) mass is 233 g/mol. The first kappa shape index (κ1) is 12.1. The number of aromatic nitrogens is 2. The molecule has 1 unspecified atom stereocenters. The molecule has 0 aliphatic carbocycles. The summed E-state index contributed by atoms with van der Waals surface area (Å²) < 4.78 is 7.32. The van der Waals surface area contributed by atoms with E-state index in [2.05, 4.69) is 29.5 Å². The van der Waals surface area contributed by atoms with Crippen molar-refractivity contribution in [1.29, 1.82) is 0 Å². The summed E-state index contributed by atoms with van der Waals surface area (Å²) in [7, 11) is 1.73. The van der Waals surface area contributed by atoms with Gasteiger partial charge in [-0.05, 0) is 12.6 Å². The summed E-state index contributed by atoms with van der Waals surface area (Å²) in [6.45, 7) is 4.60. The minimum absolute atomic E-state index is 0.236. The topological polar surface area (TPSA) is 39.1 Å². The van der Waals surface area contributed by atoms with Crippen LogP contribution in [0, 0.1) is 0 Å². The Hall–Kier alpha value is -1.39. The number of likely N-dealkylation sites (N-methyl/N-ethyl adjacent to an activating group) is 1. The maximum atomic E-state index is 5.27. The smallest absolute Gasteiger partial charge is 0.0883 e. The van der Waals surface area contributed by atoms with Gasteiger partial charge in [0.2, 0.25) is 0 Å². The molecule has 1 N–H and O–H groups in total. The summed E-state index contributed by atoms with van der Waals surface area (Å²) in [5, 5.41) is 8.98. The van der Waals surface area contributed by atoms with E-state index in [9.17, 15) is 0 Å². The van der Waals surface area contributed by atoms with Gasteiger partial charge in [0.25, 0.3) is 0 Å². The van der Waals surface area contributed by atoms with E-state index in [0.29, 0.717) is 6.61 Å². The molecule has 1 atom stereocenters. The number of nitrogens with zero attached hydrogens (tertiary/aromatic N) is 2. The van der Waals surface area contributed by atoms with Gasteiger partial charge < -0.3 is 10.1 Å². The first-order valence-corrected chi connectivity index (χ1v) is 5.98. The molecule has 1 aromatic heterocycles. The molecule has 0 aliphatic rings. The second kappa shape index (κ2) is 5.80. The molecule has 0 fully saturated rings. The van der Waals surface area contributed by atoms with Crippen LogP contribution in [0.15, 0.2) is 30.5 Å². The van der Waals surface area contributed by atoms with Crippen molar-refractivity contribution in [3.05, 3.63) is 30.5 Å². The fraction of sp³-hybridized carbons (Fsp3) is 0.462. The Morgan fingerprint density at radius 2 is 2.24 bits per heavy atom. The Balaban J connectivity index is 2.27.